The first-order chi connectivity index (χ1) is 8.09. The molecule has 2 saturated heterocycles. The van der Waals surface area contributed by atoms with E-state index in [-0.39, 0.29) is 0 Å². The Bertz CT molecular complexity index is 338. The number of rotatable bonds is 2. The van der Waals surface area contributed by atoms with Crippen LogP contribution in [0.4, 0.5) is 0 Å². The summed E-state index contributed by atoms with van der Waals surface area (Å²) in [7, 11) is -1.82. The van der Waals surface area contributed by atoms with Crippen molar-refractivity contribution in [3.05, 3.63) is 0 Å². The largest absolute Gasteiger partial charge is 0.301 e. The number of hydrogen-bond donors (Lipinski definition) is 0. The van der Waals surface area contributed by atoms with Crippen LogP contribution in [-0.2, 0) is 9.73 Å². The maximum Gasteiger partial charge on any atom is 0.0618 e. The molecule has 0 aromatic rings. The predicted molar refractivity (Wildman–Crippen MR) is 73.9 cm³/mol. The van der Waals surface area contributed by atoms with Crippen LogP contribution in [0.25, 0.3) is 0 Å². The van der Waals surface area contributed by atoms with Gasteiger partial charge in [-0.25, -0.2) is 8.57 Å². The van der Waals surface area contributed by atoms with Crippen molar-refractivity contribution in [2.24, 2.45) is 4.36 Å². The van der Waals surface area contributed by atoms with E-state index in [2.05, 4.69) is 18.7 Å². The molecule has 2 fully saturated rings. The Labute approximate surface area is 106 Å². The highest BCUT2D eigenvalue weighted by atomic mass is 32.2. The molecule has 100 valence electrons. The topological polar surface area (TPSA) is 32.7 Å². The van der Waals surface area contributed by atoms with Gasteiger partial charge in [0.05, 0.1) is 6.04 Å². The number of piperidine rings is 1. The SMILES string of the molecule is CC(C)N1CCC(N=S2(=O)CCCCC2)CC1. The Morgan fingerprint density at radius 3 is 2.24 bits per heavy atom. The first-order valence-electron chi connectivity index (χ1n) is 7.05. The van der Waals surface area contributed by atoms with E-state index in [0.29, 0.717) is 12.1 Å². The van der Waals surface area contributed by atoms with Gasteiger partial charge in [0.2, 0.25) is 0 Å². The maximum absolute atomic E-state index is 12.5. The van der Waals surface area contributed by atoms with Crippen molar-refractivity contribution in [3.8, 4) is 0 Å². The smallest absolute Gasteiger partial charge is 0.0618 e. The van der Waals surface area contributed by atoms with Crippen LogP contribution < -0.4 is 0 Å². The summed E-state index contributed by atoms with van der Waals surface area (Å²) in [4.78, 5) is 2.50. The normalized spacial score (nSPS) is 27.2. The highest BCUT2D eigenvalue weighted by Gasteiger charge is 2.23. The molecule has 0 amide bonds. The Balaban J connectivity index is 1.92. The molecule has 0 aromatic carbocycles. The molecule has 0 N–H and O–H groups in total. The molecule has 0 unspecified atom stereocenters. The van der Waals surface area contributed by atoms with Crippen molar-refractivity contribution in [3.63, 3.8) is 0 Å². The van der Waals surface area contributed by atoms with Crippen LogP contribution in [0.1, 0.15) is 46.0 Å². The summed E-state index contributed by atoms with van der Waals surface area (Å²) in [5, 5.41) is 0. The van der Waals surface area contributed by atoms with Gasteiger partial charge in [0.25, 0.3) is 0 Å². The second-order valence-corrected chi connectivity index (χ2v) is 8.28. The Hall–Kier alpha value is -0.0900. The Kier molecular flexibility index (Phi) is 4.47. The van der Waals surface area contributed by atoms with Crippen molar-refractivity contribution in [1.29, 1.82) is 0 Å². The molecule has 0 aromatic heterocycles. The highest BCUT2D eigenvalue weighted by Crippen LogP contribution is 2.20. The molecule has 0 atom stereocenters. The fraction of sp³-hybridized carbons (Fsp3) is 1.00. The van der Waals surface area contributed by atoms with Gasteiger partial charge >= 0.3 is 0 Å². The molecule has 17 heavy (non-hydrogen) atoms. The lowest BCUT2D eigenvalue weighted by atomic mass is 10.1. The van der Waals surface area contributed by atoms with Gasteiger partial charge in [0.15, 0.2) is 0 Å². The van der Waals surface area contributed by atoms with Crippen molar-refractivity contribution in [1.82, 2.24) is 4.90 Å². The molecule has 2 heterocycles. The molecule has 2 rings (SSSR count). The maximum atomic E-state index is 12.5. The zero-order chi connectivity index (χ0) is 12.3. The minimum atomic E-state index is -1.82. The van der Waals surface area contributed by atoms with Gasteiger partial charge in [-0.15, -0.1) is 0 Å². The Morgan fingerprint density at radius 1 is 1.12 bits per heavy atom. The molecular weight excluding hydrogens is 232 g/mol. The number of nitrogens with zero attached hydrogens (tertiary/aromatic N) is 2. The number of hydrogen-bond acceptors (Lipinski definition) is 3. The predicted octanol–water partition coefficient (Wildman–Crippen LogP) is 2.51. The highest BCUT2D eigenvalue weighted by molar-refractivity contribution is 7.93. The summed E-state index contributed by atoms with van der Waals surface area (Å²) in [6.07, 6.45) is 5.70. The summed E-state index contributed by atoms with van der Waals surface area (Å²) >= 11 is 0. The minimum Gasteiger partial charge on any atom is -0.301 e. The van der Waals surface area contributed by atoms with Gasteiger partial charge in [-0.2, -0.15) is 0 Å². The van der Waals surface area contributed by atoms with Crippen LogP contribution in [0.3, 0.4) is 0 Å². The van der Waals surface area contributed by atoms with E-state index in [1.807, 2.05) is 0 Å². The summed E-state index contributed by atoms with van der Waals surface area (Å²) < 4.78 is 17.2. The first-order valence-corrected chi connectivity index (χ1v) is 8.90. The summed E-state index contributed by atoms with van der Waals surface area (Å²) in [5.74, 6) is 1.72. The molecule has 4 heteroatoms. The van der Waals surface area contributed by atoms with Crippen LogP contribution in [0, 0.1) is 0 Å². The fourth-order valence-corrected chi connectivity index (χ4v) is 5.30. The van der Waals surface area contributed by atoms with Gasteiger partial charge < -0.3 is 4.90 Å². The second kappa shape index (κ2) is 5.70. The second-order valence-electron chi connectivity index (χ2n) is 5.71. The average Bonchev–Trinajstić information content (AvgIpc) is 2.30. The van der Waals surface area contributed by atoms with E-state index >= 15 is 0 Å². The van der Waals surface area contributed by atoms with Crippen molar-refractivity contribution in [2.75, 3.05) is 24.6 Å². The zero-order valence-corrected chi connectivity index (χ0v) is 12.0. The third kappa shape index (κ3) is 3.68. The summed E-state index contributed by atoms with van der Waals surface area (Å²) in [5.41, 5.74) is 0. The monoisotopic (exact) mass is 258 g/mol. The van der Waals surface area contributed by atoms with Crippen molar-refractivity contribution < 1.29 is 4.21 Å². The summed E-state index contributed by atoms with van der Waals surface area (Å²) in [6, 6.07) is 1.01. The first kappa shape index (κ1) is 13.3. The standard InChI is InChI=1S/C13H26N2OS/c1-12(2)15-8-6-13(7-9-15)14-17(16)10-4-3-5-11-17/h12-13H,3-11H2,1-2H3. The lowest BCUT2D eigenvalue weighted by molar-refractivity contribution is 0.174. The van der Waals surface area contributed by atoms with Crippen LogP contribution in [0.15, 0.2) is 4.36 Å². The van der Waals surface area contributed by atoms with E-state index in [4.69, 9.17) is 4.36 Å². The Morgan fingerprint density at radius 2 is 1.71 bits per heavy atom. The van der Waals surface area contributed by atoms with E-state index in [1.165, 1.54) is 6.42 Å². The minimum absolute atomic E-state index is 0.371. The van der Waals surface area contributed by atoms with E-state index < -0.39 is 9.73 Å². The van der Waals surface area contributed by atoms with Gasteiger partial charge in [0, 0.05) is 40.4 Å². The van der Waals surface area contributed by atoms with Crippen molar-refractivity contribution in [2.45, 2.75) is 58.0 Å². The van der Waals surface area contributed by atoms with Crippen molar-refractivity contribution >= 4 is 9.73 Å². The molecular formula is C13H26N2OS. The van der Waals surface area contributed by atoms with Gasteiger partial charge in [0.1, 0.15) is 0 Å². The zero-order valence-electron chi connectivity index (χ0n) is 11.2. The van der Waals surface area contributed by atoms with Crippen LogP contribution in [0.2, 0.25) is 0 Å². The average molecular weight is 258 g/mol. The van der Waals surface area contributed by atoms with Crippen LogP contribution >= 0.6 is 0 Å². The van der Waals surface area contributed by atoms with Gasteiger partial charge in [-0.3, -0.25) is 0 Å². The molecule has 0 saturated carbocycles. The molecule has 3 nitrogen and oxygen atoms in total. The third-order valence-electron chi connectivity index (χ3n) is 4.00. The van der Waals surface area contributed by atoms with E-state index in [1.54, 1.807) is 0 Å². The lowest BCUT2D eigenvalue weighted by Gasteiger charge is -2.33. The molecule has 2 aliphatic heterocycles. The van der Waals surface area contributed by atoms with Gasteiger partial charge in [-0.1, -0.05) is 6.42 Å². The van der Waals surface area contributed by atoms with E-state index in [0.717, 1.165) is 50.3 Å². The fourth-order valence-electron chi connectivity index (χ4n) is 2.82. The summed E-state index contributed by atoms with van der Waals surface area (Å²) in [6.45, 7) is 6.75. The molecule has 0 spiro atoms. The molecule has 0 radical (unpaired) electrons. The quantitative estimate of drug-likeness (QED) is 0.762. The molecule has 0 bridgehead atoms. The molecule has 2 aliphatic rings. The van der Waals surface area contributed by atoms with Crippen LogP contribution in [0.5, 0.6) is 0 Å². The van der Waals surface area contributed by atoms with Gasteiger partial charge in [-0.05, 0) is 39.5 Å². The van der Waals surface area contributed by atoms with Crippen LogP contribution in [-0.4, -0.2) is 45.8 Å². The van der Waals surface area contributed by atoms with E-state index in [9.17, 15) is 4.21 Å². The number of likely N-dealkylation sites (tertiary alicyclic amines) is 1. The molecule has 0 aliphatic carbocycles. The third-order valence-corrected chi connectivity index (χ3v) is 6.53. The lowest BCUT2D eigenvalue weighted by Crippen LogP contribution is -2.40.